The summed E-state index contributed by atoms with van der Waals surface area (Å²) < 4.78 is 12.8. The Morgan fingerprint density at radius 1 is 1.60 bits per heavy atom. The van der Waals surface area contributed by atoms with E-state index in [1.54, 1.807) is 11.4 Å². The van der Waals surface area contributed by atoms with Crippen molar-refractivity contribution in [3.8, 4) is 0 Å². The average Bonchev–Trinajstić information content (AvgIpc) is 2.44. The Labute approximate surface area is 62.7 Å². The number of hydrogen-bond acceptors (Lipinski definition) is 2. The van der Waals surface area contributed by atoms with Crippen molar-refractivity contribution >= 4 is 11.3 Å². The van der Waals surface area contributed by atoms with Gasteiger partial charge in [0, 0.05) is 11.1 Å². The Balaban J connectivity index is 2.42. The largest absolute Gasteiger partial charge is 0.321 e. The molecule has 1 aliphatic carbocycles. The van der Waals surface area contributed by atoms with Crippen LogP contribution in [0.15, 0.2) is 11.4 Å². The number of nitrogens with two attached hydrogens (primary N) is 1. The van der Waals surface area contributed by atoms with Crippen molar-refractivity contribution in [2.75, 3.05) is 0 Å². The molecule has 1 nitrogen and oxygen atoms in total. The Morgan fingerprint density at radius 2 is 2.30 bits per heavy atom. The monoisotopic (exact) mass is 157 g/mol. The van der Waals surface area contributed by atoms with Crippen LogP contribution in [0.2, 0.25) is 0 Å². The minimum absolute atomic E-state index is 0.111. The van der Waals surface area contributed by atoms with E-state index in [1.165, 1.54) is 0 Å². The van der Waals surface area contributed by atoms with E-state index in [4.69, 9.17) is 5.73 Å². The van der Waals surface area contributed by atoms with Gasteiger partial charge in [0.25, 0.3) is 0 Å². The van der Waals surface area contributed by atoms with Crippen molar-refractivity contribution in [1.29, 1.82) is 0 Å². The van der Waals surface area contributed by atoms with E-state index in [-0.39, 0.29) is 10.7 Å². The van der Waals surface area contributed by atoms with Gasteiger partial charge in [-0.3, -0.25) is 0 Å². The van der Waals surface area contributed by atoms with E-state index in [1.807, 2.05) is 0 Å². The molecule has 54 valence electrons. The van der Waals surface area contributed by atoms with Crippen molar-refractivity contribution < 1.29 is 4.39 Å². The lowest BCUT2D eigenvalue weighted by Gasteiger charge is -2.03. The summed E-state index contributed by atoms with van der Waals surface area (Å²) in [7, 11) is 0. The molecule has 1 saturated carbocycles. The third kappa shape index (κ3) is 0.777. The van der Waals surface area contributed by atoms with Crippen LogP contribution in [-0.2, 0) is 5.54 Å². The van der Waals surface area contributed by atoms with Gasteiger partial charge in [-0.25, -0.2) is 0 Å². The molecular weight excluding hydrogens is 149 g/mol. The SMILES string of the molecule is NC1(c2ccsc2F)CC1. The first kappa shape index (κ1) is 6.31. The highest BCUT2D eigenvalue weighted by Crippen LogP contribution is 2.44. The molecule has 1 aromatic heterocycles. The van der Waals surface area contributed by atoms with Crippen LogP contribution in [0.5, 0.6) is 0 Å². The summed E-state index contributed by atoms with van der Waals surface area (Å²) >= 11 is 1.12. The van der Waals surface area contributed by atoms with Crippen LogP contribution in [0.4, 0.5) is 4.39 Å². The highest BCUT2D eigenvalue weighted by atomic mass is 32.1. The van der Waals surface area contributed by atoms with Crippen molar-refractivity contribution in [3.63, 3.8) is 0 Å². The summed E-state index contributed by atoms with van der Waals surface area (Å²) in [4.78, 5) is 0. The van der Waals surface area contributed by atoms with Gasteiger partial charge in [-0.2, -0.15) is 4.39 Å². The molecule has 1 aromatic rings. The quantitative estimate of drug-likeness (QED) is 0.661. The first-order chi connectivity index (χ1) is 4.72. The van der Waals surface area contributed by atoms with Crippen LogP contribution in [-0.4, -0.2) is 0 Å². The summed E-state index contributed by atoms with van der Waals surface area (Å²) in [5, 5.41) is 1.64. The predicted molar refractivity (Wildman–Crippen MR) is 39.4 cm³/mol. The van der Waals surface area contributed by atoms with Crippen LogP contribution >= 0.6 is 11.3 Å². The van der Waals surface area contributed by atoms with Gasteiger partial charge in [-0.1, -0.05) is 0 Å². The zero-order chi connectivity index (χ0) is 7.19. The minimum Gasteiger partial charge on any atom is -0.321 e. The lowest BCUT2D eigenvalue weighted by molar-refractivity contribution is 0.605. The first-order valence-electron chi connectivity index (χ1n) is 3.25. The molecule has 0 unspecified atom stereocenters. The van der Waals surface area contributed by atoms with Crippen LogP contribution in [0.1, 0.15) is 18.4 Å². The summed E-state index contributed by atoms with van der Waals surface area (Å²) in [6.45, 7) is 0. The molecule has 0 atom stereocenters. The molecule has 1 aliphatic rings. The summed E-state index contributed by atoms with van der Waals surface area (Å²) in [6, 6.07) is 1.78. The van der Waals surface area contributed by atoms with Crippen molar-refractivity contribution in [3.05, 3.63) is 22.1 Å². The van der Waals surface area contributed by atoms with E-state index < -0.39 is 0 Å². The van der Waals surface area contributed by atoms with Gasteiger partial charge < -0.3 is 5.73 Å². The van der Waals surface area contributed by atoms with Crippen LogP contribution in [0.3, 0.4) is 0 Å². The summed E-state index contributed by atoms with van der Waals surface area (Å²) in [5.41, 5.74) is 6.18. The fourth-order valence-electron chi connectivity index (χ4n) is 1.06. The van der Waals surface area contributed by atoms with E-state index >= 15 is 0 Å². The van der Waals surface area contributed by atoms with Gasteiger partial charge in [0.15, 0.2) is 5.13 Å². The zero-order valence-electron chi connectivity index (χ0n) is 5.43. The standard InChI is InChI=1S/C7H8FNS/c8-6-5(1-4-10-6)7(9)2-3-7/h1,4H,2-3,9H2. The Bertz CT molecular complexity index is 252. The second kappa shape index (κ2) is 1.80. The number of hydrogen-bond donors (Lipinski definition) is 1. The summed E-state index contributed by atoms with van der Waals surface area (Å²) in [5.74, 6) is 0. The summed E-state index contributed by atoms with van der Waals surface area (Å²) in [6.07, 6.45) is 1.86. The van der Waals surface area contributed by atoms with Crippen LogP contribution in [0, 0.1) is 5.13 Å². The van der Waals surface area contributed by atoms with E-state index in [0.717, 1.165) is 24.2 Å². The molecule has 2 rings (SSSR count). The fourth-order valence-corrected chi connectivity index (χ4v) is 1.78. The van der Waals surface area contributed by atoms with Crippen LogP contribution < -0.4 is 5.73 Å². The maximum atomic E-state index is 12.8. The third-order valence-electron chi connectivity index (χ3n) is 1.94. The zero-order valence-corrected chi connectivity index (χ0v) is 6.25. The molecule has 0 spiro atoms. The Morgan fingerprint density at radius 3 is 2.70 bits per heavy atom. The smallest absolute Gasteiger partial charge is 0.181 e. The van der Waals surface area contributed by atoms with Crippen molar-refractivity contribution in [2.24, 2.45) is 5.73 Å². The van der Waals surface area contributed by atoms with Gasteiger partial charge in [0.1, 0.15) is 0 Å². The molecule has 3 heteroatoms. The lowest BCUT2D eigenvalue weighted by Crippen LogP contribution is -2.18. The normalized spacial score (nSPS) is 21.0. The molecule has 0 radical (unpaired) electrons. The second-order valence-electron chi connectivity index (χ2n) is 2.76. The predicted octanol–water partition coefficient (Wildman–Crippen LogP) is 1.84. The molecule has 10 heavy (non-hydrogen) atoms. The maximum absolute atomic E-state index is 12.8. The molecule has 0 aromatic carbocycles. The number of thiophene rings is 1. The molecule has 1 heterocycles. The first-order valence-corrected chi connectivity index (χ1v) is 4.13. The van der Waals surface area contributed by atoms with Gasteiger partial charge in [-0.15, -0.1) is 11.3 Å². The molecule has 0 bridgehead atoms. The Hall–Kier alpha value is -0.410. The molecular formula is C7H8FNS. The maximum Gasteiger partial charge on any atom is 0.181 e. The lowest BCUT2D eigenvalue weighted by atomic mass is 10.1. The second-order valence-corrected chi connectivity index (χ2v) is 3.63. The third-order valence-corrected chi connectivity index (χ3v) is 2.64. The Kier molecular flexibility index (Phi) is 1.13. The van der Waals surface area contributed by atoms with E-state index in [9.17, 15) is 4.39 Å². The molecule has 1 fully saturated rings. The average molecular weight is 157 g/mol. The number of rotatable bonds is 1. The van der Waals surface area contributed by atoms with E-state index in [0.29, 0.717) is 5.56 Å². The van der Waals surface area contributed by atoms with E-state index in [2.05, 4.69) is 0 Å². The van der Waals surface area contributed by atoms with Crippen molar-refractivity contribution in [1.82, 2.24) is 0 Å². The van der Waals surface area contributed by atoms with Gasteiger partial charge in [0.2, 0.25) is 0 Å². The van der Waals surface area contributed by atoms with Crippen molar-refractivity contribution in [2.45, 2.75) is 18.4 Å². The minimum atomic E-state index is -0.302. The van der Waals surface area contributed by atoms with Gasteiger partial charge >= 0.3 is 0 Å². The molecule has 0 aliphatic heterocycles. The highest BCUT2D eigenvalue weighted by molar-refractivity contribution is 7.08. The highest BCUT2D eigenvalue weighted by Gasteiger charge is 2.42. The number of halogens is 1. The van der Waals surface area contributed by atoms with Crippen LogP contribution in [0.25, 0.3) is 0 Å². The van der Waals surface area contributed by atoms with Gasteiger partial charge in [0.05, 0.1) is 0 Å². The fraction of sp³-hybridized carbons (Fsp3) is 0.429. The molecule has 2 N–H and O–H groups in total. The molecule has 0 saturated heterocycles. The van der Waals surface area contributed by atoms with Gasteiger partial charge in [-0.05, 0) is 24.3 Å². The topological polar surface area (TPSA) is 26.0 Å². The molecule has 0 amide bonds.